The third-order valence-electron chi connectivity index (χ3n) is 3.24. The highest BCUT2D eigenvalue weighted by Gasteiger charge is 2.06. The number of nitrogens with two attached hydrogens (primary N) is 1. The summed E-state index contributed by atoms with van der Waals surface area (Å²) in [4.78, 5) is 5.65. The van der Waals surface area contributed by atoms with Crippen molar-refractivity contribution in [1.82, 2.24) is 4.98 Å². The van der Waals surface area contributed by atoms with Gasteiger partial charge < -0.3 is 5.73 Å². The van der Waals surface area contributed by atoms with Gasteiger partial charge in [0.1, 0.15) is 0 Å². The van der Waals surface area contributed by atoms with Gasteiger partial charge in [-0.1, -0.05) is 29.8 Å². The molecule has 0 amide bonds. The van der Waals surface area contributed by atoms with Crippen LogP contribution in [0.25, 0.3) is 10.9 Å². The summed E-state index contributed by atoms with van der Waals surface area (Å²) in [5.41, 5.74) is 10.4. The molecule has 0 aliphatic carbocycles. The smallest absolute Gasteiger partial charge is 0.0858 e. The van der Waals surface area contributed by atoms with Crippen LogP contribution in [0.4, 0.5) is 5.69 Å². The second-order valence-electron chi connectivity index (χ2n) is 4.83. The molecule has 1 heterocycles. The zero-order valence-corrected chi connectivity index (χ0v) is 12.2. The van der Waals surface area contributed by atoms with Crippen molar-refractivity contribution in [2.24, 2.45) is 0 Å². The van der Waals surface area contributed by atoms with Gasteiger partial charge in [-0.2, -0.15) is 0 Å². The van der Waals surface area contributed by atoms with E-state index in [1.54, 1.807) is 11.8 Å². The monoisotopic (exact) mass is 280 g/mol. The zero-order valence-electron chi connectivity index (χ0n) is 11.3. The van der Waals surface area contributed by atoms with Gasteiger partial charge in [0.2, 0.25) is 0 Å². The lowest BCUT2D eigenvalue weighted by molar-refractivity contribution is 1.32. The Kier molecular flexibility index (Phi) is 3.61. The van der Waals surface area contributed by atoms with Crippen LogP contribution in [0.15, 0.2) is 59.6 Å². The van der Waals surface area contributed by atoms with Gasteiger partial charge in [0.25, 0.3) is 0 Å². The van der Waals surface area contributed by atoms with Crippen LogP contribution < -0.4 is 5.73 Å². The molecule has 20 heavy (non-hydrogen) atoms. The molecule has 3 heteroatoms. The van der Waals surface area contributed by atoms with Crippen LogP contribution in [-0.4, -0.2) is 4.98 Å². The number of thioether (sulfide) groups is 1. The molecule has 0 spiro atoms. The van der Waals surface area contributed by atoms with E-state index in [2.05, 4.69) is 42.2 Å². The van der Waals surface area contributed by atoms with E-state index >= 15 is 0 Å². The molecule has 1 aromatic heterocycles. The van der Waals surface area contributed by atoms with Gasteiger partial charge in [-0.15, -0.1) is 11.8 Å². The Hall–Kier alpha value is -2.00. The summed E-state index contributed by atoms with van der Waals surface area (Å²) in [6.45, 7) is 2.12. The highest BCUT2D eigenvalue weighted by Crippen LogP contribution is 2.31. The number of hydrogen-bond donors (Lipinski definition) is 1. The van der Waals surface area contributed by atoms with E-state index < -0.39 is 0 Å². The number of nitrogens with zero attached hydrogens (tertiary/aromatic N) is 1. The standard InChI is InChI=1S/C17H16N2S/c1-12-4-2-5-13(10-12)11-20-16-8-7-15(18)14-6-3-9-19-17(14)16/h2-10H,11,18H2,1H3. The van der Waals surface area contributed by atoms with E-state index in [4.69, 9.17) is 5.73 Å². The van der Waals surface area contributed by atoms with Crippen molar-refractivity contribution in [2.45, 2.75) is 17.6 Å². The first-order chi connectivity index (χ1) is 9.74. The fourth-order valence-electron chi connectivity index (χ4n) is 2.25. The molecule has 3 aromatic rings. The van der Waals surface area contributed by atoms with Crippen LogP contribution in [-0.2, 0) is 5.75 Å². The minimum Gasteiger partial charge on any atom is -0.398 e. The van der Waals surface area contributed by atoms with Crippen molar-refractivity contribution in [1.29, 1.82) is 0 Å². The van der Waals surface area contributed by atoms with Crippen LogP contribution in [0.5, 0.6) is 0 Å². The van der Waals surface area contributed by atoms with Crippen LogP contribution in [0.3, 0.4) is 0 Å². The molecule has 0 unspecified atom stereocenters. The molecule has 0 fully saturated rings. The van der Waals surface area contributed by atoms with Crippen molar-refractivity contribution in [2.75, 3.05) is 5.73 Å². The topological polar surface area (TPSA) is 38.9 Å². The highest BCUT2D eigenvalue weighted by atomic mass is 32.2. The SMILES string of the molecule is Cc1cccc(CSc2ccc(N)c3cccnc23)c1. The summed E-state index contributed by atoms with van der Waals surface area (Å²) in [6, 6.07) is 16.6. The summed E-state index contributed by atoms with van der Waals surface area (Å²) in [6.07, 6.45) is 1.82. The average Bonchev–Trinajstić information content (AvgIpc) is 2.47. The summed E-state index contributed by atoms with van der Waals surface area (Å²) < 4.78 is 0. The van der Waals surface area contributed by atoms with Gasteiger partial charge in [-0.05, 0) is 36.8 Å². The summed E-state index contributed by atoms with van der Waals surface area (Å²) in [5.74, 6) is 0.942. The second kappa shape index (κ2) is 5.55. The number of nitrogen functional groups attached to an aromatic ring is 1. The van der Waals surface area contributed by atoms with Crippen molar-refractivity contribution in [3.05, 3.63) is 65.9 Å². The lowest BCUT2D eigenvalue weighted by Gasteiger charge is -2.08. The number of aromatic nitrogens is 1. The van der Waals surface area contributed by atoms with Crippen molar-refractivity contribution in [3.63, 3.8) is 0 Å². The van der Waals surface area contributed by atoms with E-state index in [-0.39, 0.29) is 0 Å². The second-order valence-corrected chi connectivity index (χ2v) is 5.85. The maximum Gasteiger partial charge on any atom is 0.0858 e. The van der Waals surface area contributed by atoms with E-state index in [0.29, 0.717) is 0 Å². The number of benzene rings is 2. The maximum atomic E-state index is 6.00. The fourth-order valence-corrected chi connectivity index (χ4v) is 3.21. The van der Waals surface area contributed by atoms with E-state index in [9.17, 15) is 0 Å². The number of rotatable bonds is 3. The number of aryl methyl sites for hydroxylation is 1. The minimum absolute atomic E-state index is 0.785. The predicted octanol–water partition coefficient (Wildman–Crippen LogP) is 4.42. The average molecular weight is 280 g/mol. The number of hydrogen-bond acceptors (Lipinski definition) is 3. The van der Waals surface area contributed by atoms with Crippen molar-refractivity contribution >= 4 is 28.4 Å². The Morgan fingerprint density at radius 2 is 2.00 bits per heavy atom. The lowest BCUT2D eigenvalue weighted by atomic mass is 10.2. The highest BCUT2D eigenvalue weighted by molar-refractivity contribution is 7.98. The van der Waals surface area contributed by atoms with Gasteiger partial charge in [0, 0.05) is 27.9 Å². The molecule has 100 valence electrons. The van der Waals surface area contributed by atoms with Crippen molar-refractivity contribution in [3.8, 4) is 0 Å². The molecular formula is C17H16N2S. The Bertz CT molecular complexity index is 753. The van der Waals surface area contributed by atoms with Gasteiger partial charge in [-0.3, -0.25) is 4.98 Å². The molecule has 0 bridgehead atoms. The fraction of sp³-hybridized carbons (Fsp3) is 0.118. The normalized spacial score (nSPS) is 10.8. The Morgan fingerprint density at radius 3 is 2.85 bits per heavy atom. The number of fused-ring (bicyclic) bond motifs is 1. The predicted molar refractivity (Wildman–Crippen MR) is 86.9 cm³/mol. The molecule has 0 atom stereocenters. The molecule has 0 aliphatic heterocycles. The summed E-state index contributed by atoms with van der Waals surface area (Å²) >= 11 is 1.80. The van der Waals surface area contributed by atoms with Gasteiger partial charge in [0.15, 0.2) is 0 Å². The Labute approximate surface area is 123 Å². The van der Waals surface area contributed by atoms with E-state index in [0.717, 1.165) is 22.3 Å². The van der Waals surface area contributed by atoms with Crippen LogP contribution in [0.1, 0.15) is 11.1 Å². The molecule has 2 aromatic carbocycles. The van der Waals surface area contributed by atoms with E-state index in [1.165, 1.54) is 16.0 Å². The van der Waals surface area contributed by atoms with E-state index in [1.807, 2.05) is 24.4 Å². The summed E-state index contributed by atoms with van der Waals surface area (Å²) in [5, 5.41) is 1.03. The Morgan fingerprint density at radius 1 is 1.10 bits per heavy atom. The zero-order chi connectivity index (χ0) is 13.9. The first-order valence-electron chi connectivity index (χ1n) is 6.55. The molecule has 0 saturated carbocycles. The van der Waals surface area contributed by atoms with Crippen LogP contribution in [0.2, 0.25) is 0 Å². The van der Waals surface area contributed by atoms with Crippen LogP contribution in [0, 0.1) is 6.92 Å². The lowest BCUT2D eigenvalue weighted by Crippen LogP contribution is -1.90. The molecule has 3 rings (SSSR count). The quantitative estimate of drug-likeness (QED) is 0.570. The molecule has 2 nitrogen and oxygen atoms in total. The maximum absolute atomic E-state index is 6.00. The molecule has 0 aliphatic rings. The van der Waals surface area contributed by atoms with Gasteiger partial charge >= 0.3 is 0 Å². The minimum atomic E-state index is 0.785. The van der Waals surface area contributed by atoms with Gasteiger partial charge in [-0.25, -0.2) is 0 Å². The van der Waals surface area contributed by atoms with Gasteiger partial charge in [0.05, 0.1) is 5.52 Å². The first-order valence-corrected chi connectivity index (χ1v) is 7.54. The van der Waals surface area contributed by atoms with Crippen LogP contribution >= 0.6 is 11.8 Å². The third-order valence-corrected chi connectivity index (χ3v) is 4.36. The largest absolute Gasteiger partial charge is 0.398 e. The third kappa shape index (κ3) is 2.63. The first kappa shape index (κ1) is 13.0. The summed E-state index contributed by atoms with van der Waals surface area (Å²) in [7, 11) is 0. The molecule has 0 radical (unpaired) electrons. The Balaban J connectivity index is 1.90. The number of pyridine rings is 1. The number of anilines is 1. The molecular weight excluding hydrogens is 264 g/mol. The van der Waals surface area contributed by atoms with Crippen molar-refractivity contribution < 1.29 is 0 Å². The molecule has 0 saturated heterocycles. The molecule has 2 N–H and O–H groups in total.